The number of nitrogens with zero attached hydrogens (tertiary/aromatic N) is 2. The summed E-state index contributed by atoms with van der Waals surface area (Å²) in [5.41, 5.74) is 3.28. The molecule has 4 nitrogen and oxygen atoms in total. The third-order valence-electron chi connectivity index (χ3n) is 4.74. The van der Waals surface area contributed by atoms with E-state index in [2.05, 4.69) is 29.1 Å². The van der Waals surface area contributed by atoms with Gasteiger partial charge in [-0.2, -0.15) is 0 Å². The van der Waals surface area contributed by atoms with Crippen LogP contribution in [0.15, 0.2) is 42.7 Å². The molecule has 1 N–H and O–H groups in total. The van der Waals surface area contributed by atoms with Crippen LogP contribution in [0.3, 0.4) is 0 Å². The van der Waals surface area contributed by atoms with E-state index < -0.39 is 0 Å². The van der Waals surface area contributed by atoms with Gasteiger partial charge in [0.1, 0.15) is 12.4 Å². The van der Waals surface area contributed by atoms with Crippen molar-refractivity contribution in [2.24, 2.45) is 0 Å². The van der Waals surface area contributed by atoms with Crippen molar-refractivity contribution in [3.05, 3.63) is 48.3 Å². The van der Waals surface area contributed by atoms with Crippen LogP contribution < -0.4 is 4.74 Å². The summed E-state index contributed by atoms with van der Waals surface area (Å²) in [5.74, 6) is 0.819. The van der Waals surface area contributed by atoms with Gasteiger partial charge in [-0.15, -0.1) is 0 Å². The molecule has 1 aromatic heterocycles. The first-order valence-corrected chi connectivity index (χ1v) is 8.74. The van der Waals surface area contributed by atoms with Crippen molar-refractivity contribution in [2.45, 2.75) is 31.7 Å². The van der Waals surface area contributed by atoms with E-state index in [-0.39, 0.29) is 6.61 Å². The molecule has 2 heterocycles. The predicted octanol–water partition coefficient (Wildman–Crippen LogP) is 3.15. The molecule has 1 aliphatic rings. The lowest BCUT2D eigenvalue weighted by atomic mass is 10.0. The molecule has 0 amide bonds. The SMILES string of the molecule is CN1CCCCC1COc1cncc(-c2cccc(CCO)c2)c1. The number of pyridine rings is 1. The van der Waals surface area contributed by atoms with Crippen molar-refractivity contribution < 1.29 is 9.84 Å². The summed E-state index contributed by atoms with van der Waals surface area (Å²) in [6.07, 6.45) is 8.09. The van der Waals surface area contributed by atoms with Gasteiger partial charge in [0.15, 0.2) is 0 Å². The van der Waals surface area contributed by atoms with Gasteiger partial charge >= 0.3 is 0 Å². The third-order valence-corrected chi connectivity index (χ3v) is 4.74. The summed E-state index contributed by atoms with van der Waals surface area (Å²) in [5, 5.41) is 9.10. The maximum atomic E-state index is 9.10. The Morgan fingerprint density at radius 1 is 1.21 bits per heavy atom. The van der Waals surface area contributed by atoms with Gasteiger partial charge in [-0.25, -0.2) is 0 Å². The van der Waals surface area contributed by atoms with Gasteiger partial charge in [0, 0.05) is 24.4 Å². The highest BCUT2D eigenvalue weighted by Crippen LogP contribution is 2.24. The second kappa shape index (κ2) is 8.27. The van der Waals surface area contributed by atoms with Crippen LogP contribution in [-0.4, -0.2) is 47.8 Å². The maximum Gasteiger partial charge on any atom is 0.138 e. The van der Waals surface area contributed by atoms with Gasteiger partial charge in [-0.3, -0.25) is 4.98 Å². The molecular weight excluding hydrogens is 300 g/mol. The minimum Gasteiger partial charge on any atom is -0.490 e. The van der Waals surface area contributed by atoms with E-state index in [0.717, 1.165) is 29.0 Å². The first kappa shape index (κ1) is 16.9. The van der Waals surface area contributed by atoms with Gasteiger partial charge in [-0.05, 0) is 50.0 Å². The zero-order valence-corrected chi connectivity index (χ0v) is 14.3. The molecule has 128 valence electrons. The average molecular weight is 326 g/mol. The zero-order chi connectivity index (χ0) is 16.8. The molecule has 2 aromatic rings. The second-order valence-electron chi connectivity index (χ2n) is 6.52. The molecule has 1 fully saturated rings. The van der Waals surface area contributed by atoms with E-state index in [1.807, 2.05) is 24.4 Å². The van der Waals surface area contributed by atoms with Crippen LogP contribution in [-0.2, 0) is 6.42 Å². The molecular formula is C20H26N2O2. The van der Waals surface area contributed by atoms with Crippen LogP contribution in [0.25, 0.3) is 11.1 Å². The number of likely N-dealkylation sites (N-methyl/N-ethyl adjacent to an activating group) is 1. The number of benzene rings is 1. The van der Waals surface area contributed by atoms with Gasteiger partial charge < -0.3 is 14.7 Å². The molecule has 0 aliphatic carbocycles. The molecule has 1 aliphatic heterocycles. The standard InChI is InChI=1S/C20H26N2O2/c1-22-9-3-2-7-19(22)15-24-20-12-18(13-21-14-20)17-6-4-5-16(11-17)8-10-23/h4-6,11-14,19,23H,2-3,7-10,15H2,1H3. The van der Waals surface area contributed by atoms with Gasteiger partial charge in [-0.1, -0.05) is 30.7 Å². The monoisotopic (exact) mass is 326 g/mol. The number of aliphatic hydroxyl groups is 1. The number of likely N-dealkylation sites (tertiary alicyclic amines) is 1. The molecule has 24 heavy (non-hydrogen) atoms. The highest BCUT2D eigenvalue weighted by atomic mass is 16.5. The van der Waals surface area contributed by atoms with Crippen molar-refractivity contribution in [2.75, 3.05) is 26.8 Å². The number of ether oxygens (including phenoxy) is 1. The Balaban J connectivity index is 1.68. The summed E-state index contributed by atoms with van der Waals surface area (Å²) in [6.45, 7) is 2.04. The maximum absolute atomic E-state index is 9.10. The highest BCUT2D eigenvalue weighted by Gasteiger charge is 2.19. The number of hydrogen-bond acceptors (Lipinski definition) is 4. The van der Waals surface area contributed by atoms with E-state index in [1.165, 1.54) is 19.3 Å². The molecule has 1 atom stereocenters. The Morgan fingerprint density at radius 3 is 2.96 bits per heavy atom. The molecule has 4 heteroatoms. The van der Waals surface area contributed by atoms with Gasteiger partial charge in [0.25, 0.3) is 0 Å². The van der Waals surface area contributed by atoms with E-state index >= 15 is 0 Å². The summed E-state index contributed by atoms with van der Waals surface area (Å²) in [7, 11) is 2.18. The first-order valence-electron chi connectivity index (χ1n) is 8.74. The average Bonchev–Trinajstić information content (AvgIpc) is 2.62. The lowest BCUT2D eigenvalue weighted by Crippen LogP contribution is -2.40. The predicted molar refractivity (Wildman–Crippen MR) is 96.2 cm³/mol. The highest BCUT2D eigenvalue weighted by molar-refractivity contribution is 5.64. The van der Waals surface area contributed by atoms with Crippen LogP contribution in [0.5, 0.6) is 5.75 Å². The molecule has 1 saturated heterocycles. The Kier molecular flexibility index (Phi) is 5.83. The quantitative estimate of drug-likeness (QED) is 0.886. The summed E-state index contributed by atoms with van der Waals surface area (Å²) < 4.78 is 6.01. The van der Waals surface area contributed by atoms with Gasteiger partial charge in [0.2, 0.25) is 0 Å². The van der Waals surface area contributed by atoms with Crippen LogP contribution in [0.4, 0.5) is 0 Å². The largest absolute Gasteiger partial charge is 0.490 e. The topological polar surface area (TPSA) is 45.6 Å². The number of piperidine rings is 1. The van der Waals surface area contributed by atoms with Crippen molar-refractivity contribution >= 4 is 0 Å². The fourth-order valence-electron chi connectivity index (χ4n) is 3.24. The summed E-state index contributed by atoms with van der Waals surface area (Å²) in [4.78, 5) is 6.72. The van der Waals surface area contributed by atoms with Crippen LogP contribution in [0.1, 0.15) is 24.8 Å². The summed E-state index contributed by atoms with van der Waals surface area (Å²) >= 11 is 0. The Labute approximate surface area is 144 Å². The van der Waals surface area contributed by atoms with E-state index in [1.54, 1.807) is 6.20 Å². The minimum atomic E-state index is 0.166. The van der Waals surface area contributed by atoms with Crippen LogP contribution in [0.2, 0.25) is 0 Å². The van der Waals surface area contributed by atoms with E-state index in [9.17, 15) is 0 Å². The van der Waals surface area contributed by atoms with Gasteiger partial charge in [0.05, 0.1) is 6.20 Å². The van der Waals surface area contributed by atoms with E-state index in [4.69, 9.17) is 9.84 Å². The van der Waals surface area contributed by atoms with E-state index in [0.29, 0.717) is 19.1 Å². The lowest BCUT2D eigenvalue weighted by molar-refractivity contribution is 0.125. The van der Waals surface area contributed by atoms with Crippen molar-refractivity contribution in [1.82, 2.24) is 9.88 Å². The van der Waals surface area contributed by atoms with Crippen molar-refractivity contribution in [3.8, 4) is 16.9 Å². The molecule has 0 spiro atoms. The van der Waals surface area contributed by atoms with Crippen molar-refractivity contribution in [1.29, 1.82) is 0 Å². The zero-order valence-electron chi connectivity index (χ0n) is 14.3. The molecule has 0 saturated carbocycles. The molecule has 0 bridgehead atoms. The van der Waals surface area contributed by atoms with Crippen LogP contribution >= 0.6 is 0 Å². The fraction of sp³-hybridized carbons (Fsp3) is 0.450. The number of rotatable bonds is 6. The minimum absolute atomic E-state index is 0.166. The molecule has 1 aromatic carbocycles. The fourth-order valence-corrected chi connectivity index (χ4v) is 3.24. The first-order chi connectivity index (χ1) is 11.8. The number of aliphatic hydroxyl groups excluding tert-OH is 1. The Hall–Kier alpha value is -1.91. The lowest BCUT2D eigenvalue weighted by Gasteiger charge is -2.32. The number of aromatic nitrogens is 1. The second-order valence-corrected chi connectivity index (χ2v) is 6.52. The Bertz CT molecular complexity index is 660. The molecule has 3 rings (SSSR count). The number of hydrogen-bond donors (Lipinski definition) is 1. The third kappa shape index (κ3) is 4.34. The molecule has 1 unspecified atom stereocenters. The smallest absolute Gasteiger partial charge is 0.138 e. The van der Waals surface area contributed by atoms with Crippen LogP contribution in [0, 0.1) is 0 Å². The van der Waals surface area contributed by atoms with Crippen molar-refractivity contribution in [3.63, 3.8) is 0 Å². The molecule has 0 radical (unpaired) electrons. The normalized spacial score (nSPS) is 18.5. The Morgan fingerprint density at radius 2 is 2.12 bits per heavy atom. The summed E-state index contributed by atoms with van der Waals surface area (Å²) in [6, 6.07) is 10.8.